The smallest absolute Gasteiger partial charge is 0.0811 e. The molecule has 1 unspecified atom stereocenters. The molecule has 1 atom stereocenters. The first-order valence-corrected chi connectivity index (χ1v) is 4.10. The standard InChI is InChI=1S/C11H12O2/c1-2-9-3-5-10(6-4-9)7-11(13)8-12/h1,3-6,11-13H,7-8H2. The van der Waals surface area contributed by atoms with Crippen LogP contribution in [0.2, 0.25) is 0 Å². The molecule has 0 fully saturated rings. The number of hydrogen-bond acceptors (Lipinski definition) is 2. The van der Waals surface area contributed by atoms with Crippen LogP contribution in [0.25, 0.3) is 0 Å². The highest BCUT2D eigenvalue weighted by Gasteiger charge is 2.02. The van der Waals surface area contributed by atoms with Gasteiger partial charge in [-0.1, -0.05) is 18.1 Å². The van der Waals surface area contributed by atoms with Gasteiger partial charge in [0, 0.05) is 12.0 Å². The van der Waals surface area contributed by atoms with Crippen LogP contribution >= 0.6 is 0 Å². The lowest BCUT2D eigenvalue weighted by molar-refractivity contribution is 0.0955. The molecule has 68 valence electrons. The molecule has 0 aromatic heterocycles. The zero-order valence-electron chi connectivity index (χ0n) is 7.27. The van der Waals surface area contributed by atoms with E-state index in [1.54, 1.807) is 0 Å². The van der Waals surface area contributed by atoms with Gasteiger partial charge in [0.2, 0.25) is 0 Å². The first kappa shape index (κ1) is 9.79. The van der Waals surface area contributed by atoms with E-state index in [-0.39, 0.29) is 6.61 Å². The van der Waals surface area contributed by atoms with Crippen LogP contribution in [0, 0.1) is 12.3 Å². The van der Waals surface area contributed by atoms with E-state index in [0.29, 0.717) is 6.42 Å². The fourth-order valence-electron chi connectivity index (χ4n) is 1.07. The second-order valence-electron chi connectivity index (χ2n) is 2.88. The minimum Gasteiger partial charge on any atom is -0.394 e. The molecule has 1 aromatic rings. The average Bonchev–Trinajstić information content (AvgIpc) is 2.19. The van der Waals surface area contributed by atoms with Crippen molar-refractivity contribution in [2.24, 2.45) is 0 Å². The minimum atomic E-state index is -0.684. The van der Waals surface area contributed by atoms with Crippen molar-refractivity contribution in [1.82, 2.24) is 0 Å². The summed E-state index contributed by atoms with van der Waals surface area (Å²) in [4.78, 5) is 0. The molecule has 1 rings (SSSR count). The predicted molar refractivity (Wildman–Crippen MR) is 51.2 cm³/mol. The monoisotopic (exact) mass is 176 g/mol. The Morgan fingerprint density at radius 1 is 1.31 bits per heavy atom. The van der Waals surface area contributed by atoms with E-state index >= 15 is 0 Å². The van der Waals surface area contributed by atoms with E-state index in [0.717, 1.165) is 11.1 Å². The highest BCUT2D eigenvalue weighted by atomic mass is 16.3. The molecule has 0 aliphatic rings. The van der Waals surface area contributed by atoms with Crippen LogP contribution in [0.15, 0.2) is 24.3 Å². The van der Waals surface area contributed by atoms with Gasteiger partial charge in [-0.15, -0.1) is 6.42 Å². The van der Waals surface area contributed by atoms with Gasteiger partial charge in [-0.2, -0.15) is 0 Å². The molecule has 0 radical (unpaired) electrons. The first-order chi connectivity index (χ1) is 6.26. The maximum absolute atomic E-state index is 9.15. The zero-order valence-corrected chi connectivity index (χ0v) is 7.27. The summed E-state index contributed by atoms with van der Waals surface area (Å²) in [5.41, 5.74) is 1.79. The van der Waals surface area contributed by atoms with Crippen LogP contribution in [0.5, 0.6) is 0 Å². The quantitative estimate of drug-likeness (QED) is 0.661. The van der Waals surface area contributed by atoms with Gasteiger partial charge < -0.3 is 10.2 Å². The Bertz CT molecular complexity index is 295. The minimum absolute atomic E-state index is 0.211. The molecule has 0 amide bonds. The van der Waals surface area contributed by atoms with E-state index < -0.39 is 6.10 Å². The molecule has 0 saturated carbocycles. The van der Waals surface area contributed by atoms with Crippen LogP contribution in [-0.4, -0.2) is 22.9 Å². The van der Waals surface area contributed by atoms with Gasteiger partial charge >= 0.3 is 0 Å². The summed E-state index contributed by atoms with van der Waals surface area (Å²) in [6, 6.07) is 7.35. The highest BCUT2D eigenvalue weighted by Crippen LogP contribution is 2.05. The van der Waals surface area contributed by atoms with Crippen molar-refractivity contribution in [2.75, 3.05) is 6.61 Å². The van der Waals surface area contributed by atoms with Crippen molar-refractivity contribution in [3.05, 3.63) is 35.4 Å². The summed E-state index contributed by atoms with van der Waals surface area (Å²) >= 11 is 0. The Morgan fingerprint density at radius 2 is 1.92 bits per heavy atom. The Balaban J connectivity index is 2.65. The Morgan fingerprint density at radius 3 is 2.38 bits per heavy atom. The lowest BCUT2D eigenvalue weighted by atomic mass is 10.1. The third-order valence-electron chi connectivity index (χ3n) is 1.80. The molecule has 2 heteroatoms. The third kappa shape index (κ3) is 2.90. The second-order valence-corrected chi connectivity index (χ2v) is 2.88. The van der Waals surface area contributed by atoms with Crippen LogP contribution in [0.1, 0.15) is 11.1 Å². The normalized spacial score (nSPS) is 12.1. The highest BCUT2D eigenvalue weighted by molar-refractivity contribution is 5.34. The van der Waals surface area contributed by atoms with Crippen molar-refractivity contribution in [3.63, 3.8) is 0 Å². The number of rotatable bonds is 3. The SMILES string of the molecule is C#Cc1ccc(CC(O)CO)cc1. The van der Waals surface area contributed by atoms with Crippen molar-refractivity contribution in [1.29, 1.82) is 0 Å². The topological polar surface area (TPSA) is 40.5 Å². The van der Waals surface area contributed by atoms with Crippen LogP contribution < -0.4 is 0 Å². The summed E-state index contributed by atoms with van der Waals surface area (Å²) in [7, 11) is 0. The Labute approximate surface area is 77.8 Å². The van der Waals surface area contributed by atoms with Gasteiger partial charge in [0.25, 0.3) is 0 Å². The molecule has 0 bridgehead atoms. The Kier molecular flexibility index (Phi) is 3.51. The third-order valence-corrected chi connectivity index (χ3v) is 1.80. The van der Waals surface area contributed by atoms with Crippen LogP contribution in [0.3, 0.4) is 0 Å². The molecule has 2 nitrogen and oxygen atoms in total. The first-order valence-electron chi connectivity index (χ1n) is 4.10. The summed E-state index contributed by atoms with van der Waals surface area (Å²) in [6.07, 6.45) is 4.96. The molecule has 0 heterocycles. The lowest BCUT2D eigenvalue weighted by Crippen LogP contribution is -2.14. The van der Waals surface area contributed by atoms with Gasteiger partial charge in [0.05, 0.1) is 12.7 Å². The van der Waals surface area contributed by atoms with Crippen LogP contribution in [-0.2, 0) is 6.42 Å². The van der Waals surface area contributed by atoms with Crippen molar-refractivity contribution in [3.8, 4) is 12.3 Å². The van der Waals surface area contributed by atoms with Crippen molar-refractivity contribution < 1.29 is 10.2 Å². The van der Waals surface area contributed by atoms with Crippen molar-refractivity contribution in [2.45, 2.75) is 12.5 Å². The van der Waals surface area contributed by atoms with Gasteiger partial charge in [-0.25, -0.2) is 0 Å². The molecule has 13 heavy (non-hydrogen) atoms. The average molecular weight is 176 g/mol. The zero-order chi connectivity index (χ0) is 9.68. The fraction of sp³-hybridized carbons (Fsp3) is 0.273. The van der Waals surface area contributed by atoms with Crippen molar-refractivity contribution >= 4 is 0 Å². The number of hydrogen-bond donors (Lipinski definition) is 2. The van der Waals surface area contributed by atoms with E-state index in [4.69, 9.17) is 16.6 Å². The summed E-state index contributed by atoms with van der Waals surface area (Å²) in [5.74, 6) is 2.51. The maximum Gasteiger partial charge on any atom is 0.0811 e. The summed E-state index contributed by atoms with van der Waals surface area (Å²) < 4.78 is 0. The molecule has 2 N–H and O–H groups in total. The summed E-state index contributed by atoms with van der Waals surface area (Å²) in [5, 5.41) is 17.8. The summed E-state index contributed by atoms with van der Waals surface area (Å²) in [6.45, 7) is -0.211. The molecule has 0 aliphatic heterocycles. The number of terminal acetylenes is 1. The fourth-order valence-corrected chi connectivity index (χ4v) is 1.07. The molecular formula is C11H12O2. The molecular weight excluding hydrogens is 164 g/mol. The largest absolute Gasteiger partial charge is 0.394 e. The molecule has 1 aromatic carbocycles. The van der Waals surface area contributed by atoms with E-state index in [1.807, 2.05) is 24.3 Å². The van der Waals surface area contributed by atoms with Gasteiger partial charge in [0.15, 0.2) is 0 Å². The van der Waals surface area contributed by atoms with Gasteiger partial charge in [0.1, 0.15) is 0 Å². The number of benzene rings is 1. The van der Waals surface area contributed by atoms with E-state index in [2.05, 4.69) is 5.92 Å². The second kappa shape index (κ2) is 4.66. The van der Waals surface area contributed by atoms with Crippen LogP contribution in [0.4, 0.5) is 0 Å². The lowest BCUT2D eigenvalue weighted by Gasteiger charge is -2.06. The Hall–Kier alpha value is -1.30. The predicted octanol–water partition coefficient (Wildman–Crippen LogP) is 0.564. The number of aliphatic hydroxyl groups excluding tert-OH is 2. The van der Waals surface area contributed by atoms with Gasteiger partial charge in [-0.05, 0) is 17.7 Å². The number of aliphatic hydroxyl groups is 2. The molecule has 0 spiro atoms. The van der Waals surface area contributed by atoms with E-state index in [1.165, 1.54) is 0 Å². The van der Waals surface area contributed by atoms with E-state index in [9.17, 15) is 0 Å². The molecule has 0 saturated heterocycles. The molecule has 0 aliphatic carbocycles. The maximum atomic E-state index is 9.15. The van der Waals surface area contributed by atoms with Gasteiger partial charge in [-0.3, -0.25) is 0 Å².